The number of aryl methyl sites for hydroxylation is 2. The van der Waals surface area contributed by atoms with E-state index in [2.05, 4.69) is 5.32 Å². The Balaban J connectivity index is 1.59. The molecule has 142 valence electrons. The molecular formula is C21H22ClFN2O2. The van der Waals surface area contributed by atoms with Gasteiger partial charge in [-0.3, -0.25) is 9.59 Å². The molecule has 2 aromatic rings. The van der Waals surface area contributed by atoms with Gasteiger partial charge in [0.25, 0.3) is 11.8 Å². The lowest BCUT2D eigenvalue weighted by molar-refractivity contribution is 0.0694. The molecule has 1 aliphatic heterocycles. The van der Waals surface area contributed by atoms with Crippen molar-refractivity contribution in [1.29, 1.82) is 0 Å². The van der Waals surface area contributed by atoms with Crippen molar-refractivity contribution >= 4 is 23.4 Å². The van der Waals surface area contributed by atoms with Crippen molar-refractivity contribution in [2.45, 2.75) is 32.7 Å². The van der Waals surface area contributed by atoms with Crippen molar-refractivity contribution < 1.29 is 14.0 Å². The Morgan fingerprint density at radius 1 is 1.11 bits per heavy atom. The Morgan fingerprint density at radius 3 is 2.44 bits per heavy atom. The maximum Gasteiger partial charge on any atom is 0.258 e. The Kier molecular flexibility index (Phi) is 5.80. The van der Waals surface area contributed by atoms with E-state index in [-0.39, 0.29) is 22.5 Å². The lowest BCUT2D eigenvalue weighted by atomic mass is 10.0. The minimum absolute atomic E-state index is 0.0146. The smallest absolute Gasteiger partial charge is 0.258 e. The van der Waals surface area contributed by atoms with Gasteiger partial charge in [-0.1, -0.05) is 23.7 Å². The largest absolute Gasteiger partial charge is 0.349 e. The fraction of sp³-hybridized carbons (Fsp3) is 0.333. The molecule has 1 N–H and O–H groups in total. The van der Waals surface area contributed by atoms with E-state index < -0.39 is 11.7 Å². The number of amides is 2. The Hall–Kier alpha value is -2.40. The number of carbonyl (C=O) groups is 2. The van der Waals surface area contributed by atoms with Crippen LogP contribution < -0.4 is 5.32 Å². The second-order valence-corrected chi connectivity index (χ2v) is 7.34. The summed E-state index contributed by atoms with van der Waals surface area (Å²) in [5, 5.41) is 3.14. The van der Waals surface area contributed by atoms with E-state index in [9.17, 15) is 14.0 Å². The van der Waals surface area contributed by atoms with Crippen molar-refractivity contribution in [3.63, 3.8) is 0 Å². The van der Waals surface area contributed by atoms with Crippen LogP contribution in [0.4, 0.5) is 4.39 Å². The van der Waals surface area contributed by atoms with Gasteiger partial charge in [-0.15, -0.1) is 0 Å². The predicted octanol–water partition coefficient (Wildman–Crippen LogP) is 4.13. The minimum Gasteiger partial charge on any atom is -0.349 e. The van der Waals surface area contributed by atoms with Gasteiger partial charge in [0.15, 0.2) is 0 Å². The molecule has 6 heteroatoms. The summed E-state index contributed by atoms with van der Waals surface area (Å²) in [6.45, 7) is 4.87. The molecule has 0 unspecified atom stereocenters. The average Bonchev–Trinajstić information content (AvgIpc) is 2.64. The molecular weight excluding hydrogens is 367 g/mol. The van der Waals surface area contributed by atoms with Gasteiger partial charge >= 0.3 is 0 Å². The van der Waals surface area contributed by atoms with Gasteiger partial charge in [0.05, 0.1) is 10.6 Å². The summed E-state index contributed by atoms with van der Waals surface area (Å²) in [5.74, 6) is -1.13. The predicted molar refractivity (Wildman–Crippen MR) is 104 cm³/mol. The summed E-state index contributed by atoms with van der Waals surface area (Å²) in [5.41, 5.74) is 2.77. The summed E-state index contributed by atoms with van der Waals surface area (Å²) in [4.78, 5) is 26.6. The lowest BCUT2D eigenvalue weighted by Crippen LogP contribution is -2.46. The SMILES string of the molecule is Cc1ccc(C(=O)NC2CCN(C(=O)c3c(F)cccc3Cl)CC2)cc1C. The second kappa shape index (κ2) is 8.09. The van der Waals surface area contributed by atoms with Crippen molar-refractivity contribution in [1.82, 2.24) is 10.2 Å². The molecule has 1 saturated heterocycles. The summed E-state index contributed by atoms with van der Waals surface area (Å²) < 4.78 is 14.0. The first-order valence-electron chi connectivity index (χ1n) is 8.98. The number of piperidine rings is 1. The molecule has 4 nitrogen and oxygen atoms in total. The van der Waals surface area contributed by atoms with E-state index in [1.807, 2.05) is 32.0 Å². The highest BCUT2D eigenvalue weighted by molar-refractivity contribution is 6.33. The van der Waals surface area contributed by atoms with Crippen molar-refractivity contribution in [3.05, 3.63) is 69.5 Å². The molecule has 0 bridgehead atoms. The molecule has 0 aromatic heterocycles. The molecule has 0 spiro atoms. The van der Waals surface area contributed by atoms with Crippen molar-refractivity contribution in [3.8, 4) is 0 Å². The van der Waals surface area contributed by atoms with Crippen LogP contribution in [0.1, 0.15) is 44.7 Å². The van der Waals surface area contributed by atoms with Crippen LogP contribution in [-0.2, 0) is 0 Å². The fourth-order valence-electron chi connectivity index (χ4n) is 3.24. The first-order valence-corrected chi connectivity index (χ1v) is 9.36. The van der Waals surface area contributed by atoms with Gasteiger partial charge in [-0.25, -0.2) is 4.39 Å². The van der Waals surface area contributed by atoms with Gasteiger partial charge in [-0.2, -0.15) is 0 Å². The fourth-order valence-corrected chi connectivity index (χ4v) is 3.48. The Bertz CT molecular complexity index is 856. The molecule has 1 aliphatic rings. The molecule has 2 amide bonds. The normalized spacial score (nSPS) is 14.9. The maximum atomic E-state index is 14.0. The molecule has 0 aliphatic carbocycles. The number of carbonyl (C=O) groups excluding carboxylic acids is 2. The minimum atomic E-state index is -0.613. The highest BCUT2D eigenvalue weighted by atomic mass is 35.5. The molecule has 27 heavy (non-hydrogen) atoms. The summed E-state index contributed by atoms with van der Waals surface area (Å²) >= 11 is 5.99. The number of hydrogen-bond donors (Lipinski definition) is 1. The number of nitrogens with zero attached hydrogens (tertiary/aromatic N) is 1. The zero-order valence-corrected chi connectivity index (χ0v) is 16.1. The van der Waals surface area contributed by atoms with Crippen LogP contribution in [0, 0.1) is 19.7 Å². The summed E-state index contributed by atoms with van der Waals surface area (Å²) in [6.07, 6.45) is 1.24. The van der Waals surface area contributed by atoms with Crippen LogP contribution >= 0.6 is 11.6 Å². The average molecular weight is 389 g/mol. The number of rotatable bonds is 3. The second-order valence-electron chi connectivity index (χ2n) is 6.94. The maximum absolute atomic E-state index is 14.0. The van der Waals surface area contributed by atoms with Crippen LogP contribution in [0.2, 0.25) is 5.02 Å². The number of nitrogens with one attached hydrogen (secondary N) is 1. The monoisotopic (exact) mass is 388 g/mol. The molecule has 1 fully saturated rings. The highest BCUT2D eigenvalue weighted by Crippen LogP contribution is 2.23. The van der Waals surface area contributed by atoms with Crippen LogP contribution in [0.15, 0.2) is 36.4 Å². The van der Waals surface area contributed by atoms with E-state index in [0.717, 1.165) is 11.1 Å². The van der Waals surface area contributed by atoms with Crippen LogP contribution in [0.5, 0.6) is 0 Å². The lowest BCUT2D eigenvalue weighted by Gasteiger charge is -2.32. The van der Waals surface area contributed by atoms with Gasteiger partial charge < -0.3 is 10.2 Å². The van der Waals surface area contributed by atoms with Gasteiger partial charge in [0.1, 0.15) is 5.82 Å². The van der Waals surface area contributed by atoms with Crippen molar-refractivity contribution in [2.75, 3.05) is 13.1 Å². The van der Waals surface area contributed by atoms with Gasteiger partial charge in [-0.05, 0) is 62.1 Å². The van der Waals surface area contributed by atoms with Gasteiger partial charge in [0.2, 0.25) is 0 Å². The molecule has 0 saturated carbocycles. The Morgan fingerprint density at radius 2 is 1.81 bits per heavy atom. The molecule has 1 heterocycles. The van der Waals surface area contributed by atoms with Crippen LogP contribution in [0.25, 0.3) is 0 Å². The first kappa shape index (κ1) is 19.4. The number of likely N-dealkylation sites (tertiary alicyclic amines) is 1. The highest BCUT2D eigenvalue weighted by Gasteiger charge is 2.27. The third-order valence-electron chi connectivity index (χ3n) is 5.06. The standard InChI is InChI=1S/C21H22ClFN2O2/c1-13-6-7-15(12-14(13)2)20(26)24-16-8-10-25(11-9-16)21(27)19-17(22)4-3-5-18(19)23/h3-7,12,16H,8-11H2,1-2H3,(H,24,26). The first-order chi connectivity index (χ1) is 12.9. The number of halogens is 2. The van der Waals surface area contributed by atoms with E-state index in [1.165, 1.54) is 18.2 Å². The molecule has 0 atom stereocenters. The quantitative estimate of drug-likeness (QED) is 0.859. The molecule has 2 aromatic carbocycles. The van der Waals surface area contributed by atoms with Crippen LogP contribution in [0.3, 0.4) is 0 Å². The van der Waals surface area contributed by atoms with E-state index >= 15 is 0 Å². The summed E-state index contributed by atoms with van der Waals surface area (Å²) in [7, 11) is 0. The topological polar surface area (TPSA) is 49.4 Å². The zero-order valence-electron chi connectivity index (χ0n) is 15.4. The van der Waals surface area contributed by atoms with E-state index in [0.29, 0.717) is 31.5 Å². The third kappa shape index (κ3) is 4.30. The molecule has 0 radical (unpaired) electrons. The number of hydrogen-bond acceptors (Lipinski definition) is 2. The van der Waals surface area contributed by atoms with E-state index in [4.69, 9.17) is 11.6 Å². The molecule has 3 rings (SSSR count). The zero-order chi connectivity index (χ0) is 19.6. The van der Waals surface area contributed by atoms with E-state index in [1.54, 1.807) is 4.90 Å². The third-order valence-corrected chi connectivity index (χ3v) is 5.38. The van der Waals surface area contributed by atoms with Crippen LogP contribution in [-0.4, -0.2) is 35.8 Å². The van der Waals surface area contributed by atoms with Crippen molar-refractivity contribution in [2.24, 2.45) is 0 Å². The van der Waals surface area contributed by atoms with Gasteiger partial charge in [0, 0.05) is 24.7 Å². The summed E-state index contributed by atoms with van der Waals surface area (Å²) in [6, 6.07) is 9.83. The number of benzene rings is 2. The Labute approximate surface area is 163 Å².